The van der Waals surface area contributed by atoms with Gasteiger partial charge < -0.3 is 10.2 Å². The van der Waals surface area contributed by atoms with Gasteiger partial charge in [-0.1, -0.05) is 26.0 Å². The molecule has 6 heteroatoms. The topological polar surface area (TPSA) is 61.4 Å². The van der Waals surface area contributed by atoms with Crippen molar-refractivity contribution in [2.45, 2.75) is 24.8 Å². The van der Waals surface area contributed by atoms with Crippen LogP contribution in [0.15, 0.2) is 29.2 Å². The van der Waals surface area contributed by atoms with Gasteiger partial charge in [0, 0.05) is 19.6 Å². The summed E-state index contributed by atoms with van der Waals surface area (Å²) in [6, 6.07) is 6.78. The fourth-order valence-corrected chi connectivity index (χ4v) is 3.54. The van der Waals surface area contributed by atoms with Crippen LogP contribution in [0.1, 0.15) is 13.8 Å². The number of sulfonamides is 1. The van der Waals surface area contributed by atoms with Crippen LogP contribution in [0.2, 0.25) is 0 Å². The molecule has 0 aromatic heterocycles. The molecule has 1 unspecified atom stereocenters. The number of hydrogen-bond acceptors (Lipinski definition) is 4. The molecule has 0 radical (unpaired) electrons. The van der Waals surface area contributed by atoms with Crippen molar-refractivity contribution in [1.29, 1.82) is 0 Å². The zero-order chi connectivity index (χ0) is 15.3. The zero-order valence-electron chi connectivity index (χ0n) is 12.8. The van der Waals surface area contributed by atoms with Crippen LogP contribution in [0.25, 0.3) is 0 Å². The molecule has 0 heterocycles. The molecule has 0 spiro atoms. The number of para-hydroxylation sites is 1. The van der Waals surface area contributed by atoms with Gasteiger partial charge >= 0.3 is 0 Å². The van der Waals surface area contributed by atoms with Crippen molar-refractivity contribution in [3.8, 4) is 0 Å². The first-order valence-corrected chi connectivity index (χ1v) is 8.20. The first kappa shape index (κ1) is 16.9. The third kappa shape index (κ3) is 4.47. The van der Waals surface area contributed by atoms with Crippen LogP contribution in [0.5, 0.6) is 0 Å². The van der Waals surface area contributed by atoms with Gasteiger partial charge in [0.05, 0.1) is 5.69 Å². The highest BCUT2D eigenvalue weighted by Crippen LogP contribution is 2.21. The molecule has 0 aliphatic carbocycles. The number of nitrogens with one attached hydrogen (secondary N) is 2. The third-order valence-corrected chi connectivity index (χ3v) is 4.67. The maximum absolute atomic E-state index is 12.5. The van der Waals surface area contributed by atoms with Crippen molar-refractivity contribution in [3.05, 3.63) is 24.3 Å². The van der Waals surface area contributed by atoms with Crippen LogP contribution in [0, 0.1) is 5.92 Å². The Morgan fingerprint density at radius 3 is 2.30 bits per heavy atom. The van der Waals surface area contributed by atoms with Gasteiger partial charge in [-0.3, -0.25) is 0 Å². The Balaban J connectivity index is 3.03. The highest BCUT2D eigenvalue weighted by Gasteiger charge is 2.24. The molecule has 1 aromatic rings. The van der Waals surface area contributed by atoms with Crippen LogP contribution >= 0.6 is 0 Å². The Bertz CT molecular complexity index is 527. The number of nitrogens with zero attached hydrogens (tertiary/aromatic N) is 1. The summed E-state index contributed by atoms with van der Waals surface area (Å²) in [7, 11) is 2.06. The number of benzene rings is 1. The summed E-state index contributed by atoms with van der Waals surface area (Å²) in [6.45, 7) is 4.69. The van der Waals surface area contributed by atoms with Crippen molar-refractivity contribution >= 4 is 15.7 Å². The second-order valence-electron chi connectivity index (χ2n) is 5.48. The second-order valence-corrected chi connectivity index (χ2v) is 7.16. The molecule has 0 amide bonds. The van der Waals surface area contributed by atoms with Crippen molar-refractivity contribution in [2.75, 3.05) is 33.0 Å². The van der Waals surface area contributed by atoms with Gasteiger partial charge in [0.1, 0.15) is 4.90 Å². The predicted molar refractivity (Wildman–Crippen MR) is 83.5 cm³/mol. The van der Waals surface area contributed by atoms with E-state index in [0.29, 0.717) is 12.2 Å². The van der Waals surface area contributed by atoms with Crippen LogP contribution < -0.4 is 10.0 Å². The monoisotopic (exact) mass is 299 g/mol. The first-order valence-electron chi connectivity index (χ1n) is 6.71. The highest BCUT2D eigenvalue weighted by molar-refractivity contribution is 7.89. The van der Waals surface area contributed by atoms with Gasteiger partial charge in [-0.15, -0.1) is 0 Å². The Morgan fingerprint density at radius 1 is 1.20 bits per heavy atom. The SMILES string of the molecule is CNc1ccccc1S(=O)(=O)NC(CN(C)C)C(C)C. The van der Waals surface area contributed by atoms with Crippen molar-refractivity contribution in [1.82, 2.24) is 9.62 Å². The van der Waals surface area contributed by atoms with Gasteiger partial charge in [0.2, 0.25) is 10.0 Å². The van der Waals surface area contributed by atoms with E-state index in [-0.39, 0.29) is 16.9 Å². The molecule has 1 rings (SSSR count). The first-order chi connectivity index (χ1) is 9.27. The molecule has 0 bridgehead atoms. The Kier molecular flexibility index (Phi) is 5.98. The standard InChI is InChI=1S/C14H25N3O2S/c1-11(2)13(10-17(4)5)16-20(18,19)14-9-7-6-8-12(14)15-3/h6-9,11,13,15-16H,10H2,1-5H3. The average molecular weight is 299 g/mol. The zero-order valence-corrected chi connectivity index (χ0v) is 13.7. The Morgan fingerprint density at radius 2 is 1.80 bits per heavy atom. The molecule has 1 atom stereocenters. The summed E-state index contributed by atoms with van der Waals surface area (Å²) in [5.41, 5.74) is 0.604. The van der Waals surface area contributed by atoms with E-state index in [2.05, 4.69) is 10.0 Å². The summed E-state index contributed by atoms with van der Waals surface area (Å²) in [6.07, 6.45) is 0. The molecule has 20 heavy (non-hydrogen) atoms. The van der Waals surface area contributed by atoms with Crippen molar-refractivity contribution in [2.24, 2.45) is 5.92 Å². The maximum Gasteiger partial charge on any atom is 0.242 e. The molecule has 0 saturated carbocycles. The molecule has 1 aromatic carbocycles. The van der Waals surface area contributed by atoms with Gasteiger partial charge in [0.15, 0.2) is 0 Å². The van der Waals surface area contributed by atoms with Gasteiger partial charge in [-0.05, 0) is 32.1 Å². The molecule has 114 valence electrons. The van der Waals surface area contributed by atoms with E-state index < -0.39 is 10.0 Å². The van der Waals surface area contributed by atoms with E-state index in [9.17, 15) is 8.42 Å². The molecular formula is C14H25N3O2S. The van der Waals surface area contributed by atoms with Crippen molar-refractivity contribution in [3.63, 3.8) is 0 Å². The normalized spacial score (nSPS) is 13.8. The van der Waals surface area contributed by atoms with Crippen LogP contribution in [-0.4, -0.2) is 47.0 Å². The van der Waals surface area contributed by atoms with Gasteiger partial charge in [-0.25, -0.2) is 13.1 Å². The number of rotatable bonds is 7. The van der Waals surface area contributed by atoms with Crippen LogP contribution in [0.4, 0.5) is 5.69 Å². The fraction of sp³-hybridized carbons (Fsp3) is 0.571. The molecule has 2 N–H and O–H groups in total. The van der Waals surface area contributed by atoms with E-state index in [4.69, 9.17) is 0 Å². The lowest BCUT2D eigenvalue weighted by molar-refractivity contribution is 0.314. The molecule has 0 saturated heterocycles. The minimum atomic E-state index is -3.53. The van der Waals surface area contributed by atoms with Gasteiger partial charge in [-0.2, -0.15) is 0 Å². The summed E-state index contributed by atoms with van der Waals surface area (Å²) in [5.74, 6) is 0.217. The summed E-state index contributed by atoms with van der Waals surface area (Å²) in [4.78, 5) is 2.27. The predicted octanol–water partition coefficient (Wildman–Crippen LogP) is 1.59. The molecular weight excluding hydrogens is 274 g/mol. The quantitative estimate of drug-likeness (QED) is 0.803. The van der Waals surface area contributed by atoms with Gasteiger partial charge in [0.25, 0.3) is 0 Å². The molecule has 5 nitrogen and oxygen atoms in total. The molecule has 0 aliphatic heterocycles. The molecule has 0 fully saturated rings. The third-order valence-electron chi connectivity index (χ3n) is 3.12. The van der Waals surface area contributed by atoms with E-state index in [0.717, 1.165) is 0 Å². The van der Waals surface area contributed by atoms with Crippen LogP contribution in [0.3, 0.4) is 0 Å². The number of likely N-dealkylation sites (N-methyl/N-ethyl adjacent to an activating group) is 1. The van der Waals surface area contributed by atoms with Crippen LogP contribution in [-0.2, 0) is 10.0 Å². The highest BCUT2D eigenvalue weighted by atomic mass is 32.2. The van der Waals surface area contributed by atoms with E-state index in [1.165, 1.54) is 0 Å². The summed E-state index contributed by atoms with van der Waals surface area (Å²) < 4.78 is 27.9. The average Bonchev–Trinajstić information content (AvgIpc) is 2.37. The smallest absolute Gasteiger partial charge is 0.242 e. The van der Waals surface area contributed by atoms with Crippen molar-refractivity contribution < 1.29 is 8.42 Å². The lowest BCUT2D eigenvalue weighted by atomic mass is 10.1. The van der Waals surface area contributed by atoms with E-state index >= 15 is 0 Å². The lowest BCUT2D eigenvalue weighted by Gasteiger charge is -2.25. The largest absolute Gasteiger partial charge is 0.387 e. The minimum absolute atomic E-state index is 0.125. The van der Waals surface area contributed by atoms with E-state index in [1.54, 1.807) is 25.2 Å². The summed E-state index contributed by atoms with van der Waals surface area (Å²) in [5, 5.41) is 2.92. The Hall–Kier alpha value is -1.11. The number of hydrogen-bond donors (Lipinski definition) is 2. The summed E-state index contributed by atoms with van der Waals surface area (Å²) >= 11 is 0. The minimum Gasteiger partial charge on any atom is -0.387 e. The maximum atomic E-state index is 12.5. The molecule has 0 aliphatic rings. The number of anilines is 1. The second kappa shape index (κ2) is 7.06. The lowest BCUT2D eigenvalue weighted by Crippen LogP contribution is -2.45. The van der Waals surface area contributed by atoms with E-state index in [1.807, 2.05) is 38.9 Å². The fourth-order valence-electron chi connectivity index (χ4n) is 1.95. The Labute approximate surface area is 122 Å².